The van der Waals surface area contributed by atoms with Gasteiger partial charge in [-0.1, -0.05) is 0 Å². The van der Waals surface area contributed by atoms with E-state index in [2.05, 4.69) is 4.98 Å². The van der Waals surface area contributed by atoms with Crippen LogP contribution in [0.2, 0.25) is 0 Å². The summed E-state index contributed by atoms with van der Waals surface area (Å²) in [5, 5.41) is 0. The molecule has 0 aromatic carbocycles. The van der Waals surface area contributed by atoms with E-state index in [0.717, 1.165) is 0 Å². The standard InChI is InChI=1S/C6H7N.Li/c1-6-2-4-7-5-3-6;/h2-5H,1H3;. The van der Waals surface area contributed by atoms with E-state index < -0.39 is 0 Å². The SMILES string of the molecule is Cc1ccncc1.[Li]. The number of hydrogen-bond acceptors (Lipinski definition) is 1. The Morgan fingerprint density at radius 3 is 2.00 bits per heavy atom. The summed E-state index contributed by atoms with van der Waals surface area (Å²) in [6, 6.07) is 3.94. The molecule has 0 aliphatic carbocycles. The van der Waals surface area contributed by atoms with E-state index in [9.17, 15) is 0 Å². The van der Waals surface area contributed by atoms with Gasteiger partial charge in [-0.3, -0.25) is 4.98 Å². The Labute approximate surface area is 61.3 Å². The maximum absolute atomic E-state index is 3.85. The fourth-order valence-electron chi connectivity index (χ4n) is 0.426. The normalized spacial score (nSPS) is 7.62. The van der Waals surface area contributed by atoms with E-state index in [1.807, 2.05) is 19.1 Å². The summed E-state index contributed by atoms with van der Waals surface area (Å²) in [5.74, 6) is 0. The molecule has 0 aliphatic heterocycles. The number of pyridine rings is 1. The van der Waals surface area contributed by atoms with Crippen molar-refractivity contribution in [3.63, 3.8) is 0 Å². The molecule has 0 fully saturated rings. The summed E-state index contributed by atoms with van der Waals surface area (Å²) >= 11 is 0. The van der Waals surface area contributed by atoms with Gasteiger partial charge in [-0.05, 0) is 24.6 Å². The van der Waals surface area contributed by atoms with Gasteiger partial charge in [0.15, 0.2) is 0 Å². The molecule has 1 heterocycles. The minimum atomic E-state index is 0. The molecular formula is C6H7LiN. The summed E-state index contributed by atoms with van der Waals surface area (Å²) in [6.45, 7) is 2.04. The van der Waals surface area contributed by atoms with Crippen LogP contribution in [0.25, 0.3) is 0 Å². The van der Waals surface area contributed by atoms with Gasteiger partial charge >= 0.3 is 0 Å². The largest absolute Gasteiger partial charge is 0.265 e. The third kappa shape index (κ3) is 2.16. The molecule has 8 heavy (non-hydrogen) atoms. The number of aromatic nitrogens is 1. The third-order valence-corrected chi connectivity index (χ3v) is 0.847. The predicted octanol–water partition coefficient (Wildman–Crippen LogP) is 1.01. The smallest absolute Gasteiger partial charge is 0.0270 e. The minimum Gasteiger partial charge on any atom is -0.265 e. The van der Waals surface area contributed by atoms with Crippen molar-refractivity contribution in [2.24, 2.45) is 0 Å². The maximum atomic E-state index is 3.85. The van der Waals surface area contributed by atoms with Gasteiger partial charge in [-0.2, -0.15) is 0 Å². The van der Waals surface area contributed by atoms with Crippen LogP contribution in [0.3, 0.4) is 0 Å². The van der Waals surface area contributed by atoms with Crippen molar-refractivity contribution >= 4 is 18.9 Å². The van der Waals surface area contributed by atoms with Gasteiger partial charge in [-0.25, -0.2) is 0 Å². The van der Waals surface area contributed by atoms with Crippen LogP contribution in [-0.2, 0) is 0 Å². The second-order valence-corrected chi connectivity index (χ2v) is 1.52. The number of nitrogens with zero attached hydrogens (tertiary/aromatic N) is 1. The maximum Gasteiger partial charge on any atom is 0.0270 e. The summed E-state index contributed by atoms with van der Waals surface area (Å²) in [4.78, 5) is 3.85. The molecule has 1 aromatic heterocycles. The van der Waals surface area contributed by atoms with Crippen LogP contribution >= 0.6 is 0 Å². The Hall–Kier alpha value is -0.253. The summed E-state index contributed by atoms with van der Waals surface area (Å²) < 4.78 is 0. The molecule has 1 nitrogen and oxygen atoms in total. The Morgan fingerprint density at radius 2 is 1.75 bits per heavy atom. The number of aryl methyl sites for hydroxylation is 1. The van der Waals surface area contributed by atoms with Crippen LogP contribution < -0.4 is 0 Å². The Morgan fingerprint density at radius 1 is 1.25 bits per heavy atom. The molecule has 0 spiro atoms. The van der Waals surface area contributed by atoms with E-state index in [0.29, 0.717) is 0 Å². The average molecular weight is 100 g/mol. The van der Waals surface area contributed by atoms with E-state index in [1.54, 1.807) is 12.4 Å². The molecule has 1 radical (unpaired) electrons. The molecule has 0 amide bonds. The van der Waals surface area contributed by atoms with Crippen molar-refractivity contribution in [1.82, 2.24) is 4.98 Å². The first-order valence-electron chi connectivity index (χ1n) is 2.26. The van der Waals surface area contributed by atoms with Crippen molar-refractivity contribution in [2.75, 3.05) is 0 Å². The molecule has 0 N–H and O–H groups in total. The van der Waals surface area contributed by atoms with Crippen LogP contribution in [0.5, 0.6) is 0 Å². The first-order valence-corrected chi connectivity index (χ1v) is 2.26. The molecule has 1 rings (SSSR count). The first kappa shape index (κ1) is 7.75. The van der Waals surface area contributed by atoms with Gasteiger partial charge < -0.3 is 0 Å². The Bertz CT molecular complexity index is 138. The molecule has 0 saturated heterocycles. The second kappa shape index (κ2) is 3.71. The van der Waals surface area contributed by atoms with Gasteiger partial charge in [0, 0.05) is 31.3 Å². The zero-order valence-corrected chi connectivity index (χ0v) is 5.26. The van der Waals surface area contributed by atoms with Crippen molar-refractivity contribution in [3.8, 4) is 0 Å². The number of hydrogen-bond donors (Lipinski definition) is 0. The van der Waals surface area contributed by atoms with E-state index in [1.165, 1.54) is 5.56 Å². The van der Waals surface area contributed by atoms with Crippen LogP contribution in [0.15, 0.2) is 24.5 Å². The zero-order chi connectivity index (χ0) is 5.11. The van der Waals surface area contributed by atoms with E-state index >= 15 is 0 Å². The van der Waals surface area contributed by atoms with E-state index in [-0.39, 0.29) is 18.9 Å². The summed E-state index contributed by atoms with van der Waals surface area (Å²) in [7, 11) is 0. The van der Waals surface area contributed by atoms with Gasteiger partial charge in [0.25, 0.3) is 0 Å². The van der Waals surface area contributed by atoms with Crippen molar-refractivity contribution in [2.45, 2.75) is 6.92 Å². The Balaban J connectivity index is 0.000000490. The van der Waals surface area contributed by atoms with Gasteiger partial charge in [0.1, 0.15) is 0 Å². The molecule has 37 valence electrons. The quantitative estimate of drug-likeness (QED) is 0.443. The summed E-state index contributed by atoms with van der Waals surface area (Å²) in [5.41, 5.74) is 1.26. The van der Waals surface area contributed by atoms with Gasteiger partial charge in [-0.15, -0.1) is 0 Å². The zero-order valence-electron chi connectivity index (χ0n) is 5.26. The molecule has 0 unspecified atom stereocenters. The van der Waals surface area contributed by atoms with Crippen LogP contribution in [0.1, 0.15) is 5.56 Å². The minimum absolute atomic E-state index is 0. The van der Waals surface area contributed by atoms with E-state index in [4.69, 9.17) is 0 Å². The first-order chi connectivity index (χ1) is 3.39. The third-order valence-electron chi connectivity index (χ3n) is 0.847. The van der Waals surface area contributed by atoms with Crippen LogP contribution in [0.4, 0.5) is 0 Å². The molecule has 0 aliphatic rings. The molecular weight excluding hydrogens is 93.0 g/mol. The molecule has 0 bridgehead atoms. The number of rotatable bonds is 0. The topological polar surface area (TPSA) is 12.9 Å². The van der Waals surface area contributed by atoms with Crippen molar-refractivity contribution in [3.05, 3.63) is 30.1 Å². The van der Waals surface area contributed by atoms with Crippen LogP contribution in [0, 0.1) is 6.92 Å². The Kier molecular flexibility index (Phi) is 3.60. The molecule has 2 heteroatoms. The molecule has 0 atom stereocenters. The van der Waals surface area contributed by atoms with Crippen molar-refractivity contribution in [1.29, 1.82) is 0 Å². The monoisotopic (exact) mass is 100 g/mol. The fourth-order valence-corrected chi connectivity index (χ4v) is 0.426. The predicted molar refractivity (Wildman–Crippen MR) is 34.7 cm³/mol. The van der Waals surface area contributed by atoms with Crippen LogP contribution in [-0.4, -0.2) is 23.8 Å². The summed E-state index contributed by atoms with van der Waals surface area (Å²) in [6.07, 6.45) is 3.57. The fraction of sp³-hybridized carbons (Fsp3) is 0.167. The van der Waals surface area contributed by atoms with Gasteiger partial charge in [0.05, 0.1) is 0 Å². The molecule has 1 aromatic rings. The van der Waals surface area contributed by atoms with Crippen molar-refractivity contribution < 1.29 is 0 Å². The average Bonchev–Trinajstić information content (AvgIpc) is 1.69. The van der Waals surface area contributed by atoms with Gasteiger partial charge in [0.2, 0.25) is 0 Å². The second-order valence-electron chi connectivity index (χ2n) is 1.52. The molecule has 0 saturated carbocycles.